The third-order valence-electron chi connectivity index (χ3n) is 5.70. The van der Waals surface area contributed by atoms with Gasteiger partial charge in [-0.1, -0.05) is 73.0 Å². The van der Waals surface area contributed by atoms with Crippen LogP contribution in [0.2, 0.25) is 0 Å². The maximum Gasteiger partial charge on any atom is 0.232 e. The molecule has 0 atom stereocenters. The second-order valence-corrected chi connectivity index (χ2v) is 8.79. The minimum atomic E-state index is 0.183. The van der Waals surface area contributed by atoms with Crippen molar-refractivity contribution in [2.24, 2.45) is 0 Å². The molecule has 4 rings (SSSR count). The van der Waals surface area contributed by atoms with Gasteiger partial charge in [-0.25, -0.2) is 9.97 Å². The van der Waals surface area contributed by atoms with Crippen molar-refractivity contribution in [2.45, 2.75) is 50.1 Å². The summed E-state index contributed by atoms with van der Waals surface area (Å²) in [5.74, 6) is 1.29. The molecular weight excluding hydrogens is 378 g/mol. The molecule has 0 N–H and O–H groups in total. The normalized spacial score (nSPS) is 14.8. The number of hydrogen-bond acceptors (Lipinski definition) is 4. The third-order valence-corrected chi connectivity index (χ3v) is 6.67. The van der Waals surface area contributed by atoms with Gasteiger partial charge in [-0.2, -0.15) is 0 Å². The Hall–Kier alpha value is -2.40. The molecule has 0 saturated heterocycles. The van der Waals surface area contributed by atoms with Gasteiger partial charge >= 0.3 is 0 Å². The van der Waals surface area contributed by atoms with Crippen LogP contribution in [0.5, 0.6) is 0 Å². The van der Waals surface area contributed by atoms with E-state index in [1.807, 2.05) is 48.3 Å². The van der Waals surface area contributed by atoms with Crippen LogP contribution in [0.25, 0.3) is 22.3 Å². The fourth-order valence-corrected chi connectivity index (χ4v) is 4.88. The van der Waals surface area contributed by atoms with E-state index in [0.29, 0.717) is 17.6 Å². The van der Waals surface area contributed by atoms with Gasteiger partial charge in [0.25, 0.3) is 0 Å². The largest absolute Gasteiger partial charge is 0.342 e. The molecule has 1 saturated carbocycles. The van der Waals surface area contributed by atoms with Crippen molar-refractivity contribution >= 4 is 28.6 Å². The van der Waals surface area contributed by atoms with Crippen LogP contribution in [-0.2, 0) is 4.79 Å². The molecule has 1 fully saturated rings. The van der Waals surface area contributed by atoms with Gasteiger partial charge in [0.15, 0.2) is 5.82 Å². The van der Waals surface area contributed by atoms with Gasteiger partial charge in [0, 0.05) is 24.0 Å². The summed E-state index contributed by atoms with van der Waals surface area (Å²) in [5.41, 5.74) is 3.07. The Bertz CT molecular complexity index is 1000. The lowest BCUT2D eigenvalue weighted by atomic mass is 9.94. The highest BCUT2D eigenvalue weighted by Gasteiger charge is 2.22. The topological polar surface area (TPSA) is 46.1 Å². The Morgan fingerprint density at radius 1 is 1.07 bits per heavy atom. The van der Waals surface area contributed by atoms with E-state index in [2.05, 4.69) is 19.1 Å². The Labute approximate surface area is 176 Å². The number of hydrogen-bond donors (Lipinski definition) is 0. The molecular formula is C24H27N3OS. The van der Waals surface area contributed by atoms with Crippen molar-refractivity contribution in [1.29, 1.82) is 0 Å². The van der Waals surface area contributed by atoms with E-state index in [1.165, 1.54) is 36.6 Å². The Morgan fingerprint density at radius 2 is 1.83 bits per heavy atom. The number of fused-ring (bicyclic) bond motifs is 1. The SMILES string of the molecule is Cc1ccc2nc(-c3ccccc3)nc(SCC(=O)N(C)C3CCCCC3)c2c1. The monoisotopic (exact) mass is 405 g/mol. The number of amides is 1. The fourth-order valence-electron chi connectivity index (χ4n) is 3.94. The maximum atomic E-state index is 12.8. The summed E-state index contributed by atoms with van der Waals surface area (Å²) in [6.45, 7) is 2.07. The number of benzene rings is 2. The van der Waals surface area contributed by atoms with Crippen LogP contribution in [0.4, 0.5) is 0 Å². The lowest BCUT2D eigenvalue weighted by Crippen LogP contribution is -2.39. The molecule has 0 unspecified atom stereocenters. The average molecular weight is 406 g/mol. The van der Waals surface area contributed by atoms with Crippen LogP contribution in [0.3, 0.4) is 0 Å². The molecule has 1 amide bonds. The van der Waals surface area contributed by atoms with Gasteiger partial charge in [-0.3, -0.25) is 4.79 Å². The van der Waals surface area contributed by atoms with Crippen molar-refractivity contribution in [3.63, 3.8) is 0 Å². The highest BCUT2D eigenvalue weighted by molar-refractivity contribution is 8.00. The zero-order chi connectivity index (χ0) is 20.2. The van der Waals surface area contributed by atoms with E-state index in [9.17, 15) is 4.79 Å². The van der Waals surface area contributed by atoms with E-state index >= 15 is 0 Å². The number of carbonyl (C=O) groups is 1. The molecule has 0 spiro atoms. The van der Waals surface area contributed by atoms with Crippen LogP contribution < -0.4 is 0 Å². The zero-order valence-corrected chi connectivity index (χ0v) is 17.9. The molecule has 1 aliphatic carbocycles. The molecule has 150 valence electrons. The Kier molecular flexibility index (Phi) is 6.14. The van der Waals surface area contributed by atoms with E-state index in [0.717, 1.165) is 34.3 Å². The zero-order valence-electron chi connectivity index (χ0n) is 17.1. The molecule has 1 aliphatic rings. The molecule has 0 bridgehead atoms. The summed E-state index contributed by atoms with van der Waals surface area (Å²) < 4.78 is 0. The van der Waals surface area contributed by atoms with Gasteiger partial charge < -0.3 is 4.90 Å². The molecule has 2 aromatic carbocycles. The van der Waals surface area contributed by atoms with Crippen molar-refractivity contribution in [3.05, 3.63) is 54.1 Å². The first kappa shape index (κ1) is 19.9. The maximum absolute atomic E-state index is 12.8. The van der Waals surface area contributed by atoms with Crippen LogP contribution >= 0.6 is 11.8 Å². The molecule has 5 heteroatoms. The van der Waals surface area contributed by atoms with Gasteiger partial charge in [0.05, 0.1) is 11.3 Å². The number of nitrogens with zero attached hydrogens (tertiary/aromatic N) is 3. The second kappa shape index (κ2) is 8.95. The summed E-state index contributed by atoms with van der Waals surface area (Å²) >= 11 is 1.53. The van der Waals surface area contributed by atoms with Gasteiger partial charge in [-0.15, -0.1) is 0 Å². The third kappa shape index (κ3) is 4.61. The predicted molar refractivity (Wildman–Crippen MR) is 120 cm³/mol. The van der Waals surface area contributed by atoms with Crippen LogP contribution in [0.1, 0.15) is 37.7 Å². The van der Waals surface area contributed by atoms with Crippen molar-refractivity contribution in [1.82, 2.24) is 14.9 Å². The van der Waals surface area contributed by atoms with Gasteiger partial charge in [0.2, 0.25) is 5.91 Å². The van der Waals surface area contributed by atoms with Crippen LogP contribution in [-0.4, -0.2) is 39.6 Å². The first-order chi connectivity index (χ1) is 14.1. The van der Waals surface area contributed by atoms with Crippen LogP contribution in [0.15, 0.2) is 53.6 Å². The van der Waals surface area contributed by atoms with Crippen LogP contribution in [0, 0.1) is 6.92 Å². The van der Waals surface area contributed by atoms with E-state index in [4.69, 9.17) is 9.97 Å². The quantitative estimate of drug-likeness (QED) is 0.416. The average Bonchev–Trinajstić information content (AvgIpc) is 2.78. The number of rotatable bonds is 5. The molecule has 1 aromatic heterocycles. The van der Waals surface area contributed by atoms with Gasteiger partial charge in [-0.05, 0) is 31.9 Å². The molecule has 0 aliphatic heterocycles. The number of aromatic nitrogens is 2. The highest BCUT2D eigenvalue weighted by Crippen LogP contribution is 2.30. The smallest absolute Gasteiger partial charge is 0.232 e. The highest BCUT2D eigenvalue weighted by atomic mass is 32.2. The second-order valence-electron chi connectivity index (χ2n) is 7.82. The Morgan fingerprint density at radius 3 is 2.59 bits per heavy atom. The standard InChI is InChI=1S/C24H27N3OS/c1-17-13-14-21-20(15-17)24(26-23(25-21)18-9-5-3-6-10-18)29-16-22(28)27(2)19-11-7-4-8-12-19/h3,5-6,9-10,13-15,19H,4,7-8,11-12,16H2,1-2H3. The van der Waals surface area contributed by atoms with Crippen molar-refractivity contribution in [2.75, 3.05) is 12.8 Å². The minimum Gasteiger partial charge on any atom is -0.342 e. The van der Waals surface area contributed by atoms with Gasteiger partial charge in [0.1, 0.15) is 5.03 Å². The molecule has 3 aromatic rings. The first-order valence-corrected chi connectivity index (χ1v) is 11.3. The van der Waals surface area contributed by atoms with E-state index in [-0.39, 0.29) is 5.91 Å². The lowest BCUT2D eigenvalue weighted by molar-refractivity contribution is -0.129. The number of carbonyl (C=O) groups excluding carboxylic acids is 1. The summed E-state index contributed by atoms with van der Waals surface area (Å²) in [4.78, 5) is 24.4. The summed E-state index contributed by atoms with van der Waals surface area (Å²) in [5, 5.41) is 1.89. The molecule has 0 radical (unpaired) electrons. The summed E-state index contributed by atoms with van der Waals surface area (Å²) in [6, 6.07) is 16.6. The van der Waals surface area contributed by atoms with E-state index < -0.39 is 0 Å². The summed E-state index contributed by atoms with van der Waals surface area (Å²) in [7, 11) is 1.95. The number of thioether (sulfide) groups is 1. The molecule has 1 heterocycles. The molecule has 29 heavy (non-hydrogen) atoms. The Balaban J connectivity index is 1.59. The molecule has 4 nitrogen and oxygen atoms in total. The first-order valence-electron chi connectivity index (χ1n) is 10.3. The van der Waals surface area contributed by atoms with Crippen molar-refractivity contribution in [3.8, 4) is 11.4 Å². The predicted octanol–water partition coefficient (Wildman–Crippen LogP) is 5.49. The fraction of sp³-hybridized carbons (Fsp3) is 0.375. The lowest BCUT2D eigenvalue weighted by Gasteiger charge is -2.31. The van der Waals surface area contributed by atoms with Crippen molar-refractivity contribution < 1.29 is 4.79 Å². The number of aryl methyl sites for hydroxylation is 1. The van der Waals surface area contributed by atoms with E-state index in [1.54, 1.807) is 0 Å². The summed E-state index contributed by atoms with van der Waals surface area (Å²) in [6.07, 6.45) is 6.00. The minimum absolute atomic E-state index is 0.183.